The molecule has 1 aliphatic carbocycles. The highest BCUT2D eigenvalue weighted by molar-refractivity contribution is 7.12. The highest BCUT2D eigenvalue weighted by atomic mass is 32.1. The van der Waals surface area contributed by atoms with Crippen molar-refractivity contribution in [2.24, 2.45) is 0 Å². The molecule has 20 heavy (non-hydrogen) atoms. The Hall–Kier alpha value is -0.380. The van der Waals surface area contributed by atoms with Crippen molar-refractivity contribution < 1.29 is 0 Å². The lowest BCUT2D eigenvalue weighted by atomic mass is 9.98. The van der Waals surface area contributed by atoms with Crippen molar-refractivity contribution in [1.82, 2.24) is 10.2 Å². The molecule has 1 fully saturated rings. The van der Waals surface area contributed by atoms with Crippen LogP contribution in [0.15, 0.2) is 6.07 Å². The van der Waals surface area contributed by atoms with Crippen LogP contribution in [-0.4, -0.2) is 30.6 Å². The quantitative estimate of drug-likeness (QED) is 0.909. The van der Waals surface area contributed by atoms with Gasteiger partial charge in [0.1, 0.15) is 0 Å². The van der Waals surface area contributed by atoms with E-state index in [4.69, 9.17) is 0 Å². The number of hydrogen-bond donors (Lipinski definition) is 1. The predicted octanol–water partition coefficient (Wildman–Crippen LogP) is 3.76. The van der Waals surface area contributed by atoms with Crippen LogP contribution >= 0.6 is 11.3 Å². The number of rotatable bonds is 4. The van der Waals surface area contributed by atoms with Gasteiger partial charge in [-0.3, -0.25) is 0 Å². The second kappa shape index (κ2) is 6.59. The highest BCUT2D eigenvalue weighted by Crippen LogP contribution is 2.33. The van der Waals surface area contributed by atoms with Crippen molar-refractivity contribution in [2.75, 3.05) is 19.6 Å². The topological polar surface area (TPSA) is 15.3 Å². The molecule has 3 heteroatoms. The van der Waals surface area contributed by atoms with Gasteiger partial charge in [-0.15, -0.1) is 11.3 Å². The first kappa shape index (κ1) is 14.6. The molecule has 0 spiro atoms. The molecule has 1 N–H and O–H groups in total. The summed E-state index contributed by atoms with van der Waals surface area (Å²) in [7, 11) is 0. The fourth-order valence-electron chi connectivity index (χ4n) is 3.58. The Morgan fingerprint density at radius 1 is 1.30 bits per heavy atom. The van der Waals surface area contributed by atoms with E-state index < -0.39 is 0 Å². The summed E-state index contributed by atoms with van der Waals surface area (Å²) in [6, 6.07) is 3.73. The fraction of sp³-hybridized carbons (Fsp3) is 0.765. The van der Waals surface area contributed by atoms with E-state index in [1.807, 2.05) is 0 Å². The number of piperidine rings is 1. The molecule has 1 atom stereocenters. The number of hydrogen-bond acceptors (Lipinski definition) is 3. The SMILES string of the molecule is CCN1CCC(NC(C)c2cc3c(s2)CCCC3)CC1. The van der Waals surface area contributed by atoms with E-state index in [1.54, 1.807) is 15.3 Å². The third-order valence-electron chi connectivity index (χ3n) is 4.96. The minimum atomic E-state index is 0.531. The van der Waals surface area contributed by atoms with Crippen molar-refractivity contribution >= 4 is 11.3 Å². The Morgan fingerprint density at radius 3 is 2.75 bits per heavy atom. The fourth-order valence-corrected chi connectivity index (χ4v) is 4.85. The number of likely N-dealkylation sites (tertiary alicyclic amines) is 1. The minimum absolute atomic E-state index is 0.531. The van der Waals surface area contributed by atoms with E-state index >= 15 is 0 Å². The average Bonchev–Trinajstić information content (AvgIpc) is 2.92. The number of thiophene rings is 1. The van der Waals surface area contributed by atoms with Crippen LogP contribution in [0.1, 0.15) is 60.9 Å². The predicted molar refractivity (Wildman–Crippen MR) is 87.6 cm³/mol. The zero-order valence-corrected chi connectivity index (χ0v) is 13.8. The lowest BCUT2D eigenvalue weighted by Gasteiger charge is -2.33. The van der Waals surface area contributed by atoms with Gasteiger partial charge in [0.25, 0.3) is 0 Å². The zero-order chi connectivity index (χ0) is 13.9. The summed E-state index contributed by atoms with van der Waals surface area (Å²) in [5.41, 5.74) is 1.64. The molecular weight excluding hydrogens is 264 g/mol. The molecule has 1 aromatic rings. The molecule has 0 amide bonds. The van der Waals surface area contributed by atoms with Crippen molar-refractivity contribution in [3.63, 3.8) is 0 Å². The molecule has 0 radical (unpaired) electrons. The number of nitrogens with zero attached hydrogens (tertiary/aromatic N) is 1. The largest absolute Gasteiger partial charge is 0.307 e. The minimum Gasteiger partial charge on any atom is -0.307 e. The molecule has 112 valence electrons. The van der Waals surface area contributed by atoms with Crippen LogP contribution in [0.25, 0.3) is 0 Å². The molecule has 1 unspecified atom stereocenters. The summed E-state index contributed by atoms with van der Waals surface area (Å²) in [6.45, 7) is 8.36. The maximum atomic E-state index is 3.87. The molecule has 0 aromatic carbocycles. The molecule has 1 saturated heterocycles. The lowest BCUT2D eigenvalue weighted by Crippen LogP contribution is -2.42. The van der Waals surface area contributed by atoms with Gasteiger partial charge in [0.2, 0.25) is 0 Å². The lowest BCUT2D eigenvalue weighted by molar-refractivity contribution is 0.200. The van der Waals surface area contributed by atoms with Gasteiger partial charge in [-0.05, 0) is 76.7 Å². The van der Waals surface area contributed by atoms with Gasteiger partial charge in [0, 0.05) is 21.8 Å². The van der Waals surface area contributed by atoms with E-state index in [2.05, 4.69) is 41.5 Å². The highest BCUT2D eigenvalue weighted by Gasteiger charge is 2.22. The first-order valence-corrected chi connectivity index (χ1v) is 9.17. The van der Waals surface area contributed by atoms with E-state index in [1.165, 1.54) is 58.2 Å². The Kier molecular flexibility index (Phi) is 4.79. The second-order valence-electron chi connectivity index (χ2n) is 6.40. The van der Waals surface area contributed by atoms with E-state index in [0.29, 0.717) is 12.1 Å². The van der Waals surface area contributed by atoms with Gasteiger partial charge in [0.05, 0.1) is 0 Å². The molecule has 1 aromatic heterocycles. The van der Waals surface area contributed by atoms with Crippen LogP contribution in [0.2, 0.25) is 0 Å². The van der Waals surface area contributed by atoms with Gasteiger partial charge >= 0.3 is 0 Å². The first-order valence-electron chi connectivity index (χ1n) is 8.36. The molecule has 3 rings (SSSR count). The molecule has 2 nitrogen and oxygen atoms in total. The van der Waals surface area contributed by atoms with Crippen molar-refractivity contribution in [3.05, 3.63) is 21.4 Å². The summed E-state index contributed by atoms with van der Waals surface area (Å²) in [5.74, 6) is 0. The Bertz CT molecular complexity index is 409. The molecule has 0 saturated carbocycles. The zero-order valence-electron chi connectivity index (χ0n) is 13.0. The number of nitrogens with one attached hydrogen (secondary N) is 1. The average molecular weight is 292 g/mol. The molecule has 1 aliphatic heterocycles. The van der Waals surface area contributed by atoms with Crippen LogP contribution < -0.4 is 5.32 Å². The maximum absolute atomic E-state index is 3.87. The van der Waals surface area contributed by atoms with Crippen molar-refractivity contribution in [2.45, 2.75) is 64.5 Å². The second-order valence-corrected chi connectivity index (χ2v) is 7.57. The molecule has 2 aliphatic rings. The summed E-state index contributed by atoms with van der Waals surface area (Å²) in [4.78, 5) is 5.79. The van der Waals surface area contributed by atoms with E-state index in [-0.39, 0.29) is 0 Å². The Balaban J connectivity index is 1.56. The standard InChI is InChI=1S/C17H28N2S/c1-3-19-10-8-15(9-11-19)18-13(2)17-12-14-6-4-5-7-16(14)20-17/h12-13,15,18H,3-11H2,1-2H3. The third-order valence-corrected chi connectivity index (χ3v) is 6.38. The summed E-state index contributed by atoms with van der Waals surface area (Å²) >= 11 is 2.06. The monoisotopic (exact) mass is 292 g/mol. The van der Waals surface area contributed by atoms with Crippen LogP contribution in [0.3, 0.4) is 0 Å². The first-order chi connectivity index (χ1) is 9.76. The van der Waals surface area contributed by atoms with Gasteiger partial charge in [0.15, 0.2) is 0 Å². The van der Waals surface area contributed by atoms with Crippen LogP contribution in [0, 0.1) is 0 Å². The van der Waals surface area contributed by atoms with Crippen LogP contribution in [0.4, 0.5) is 0 Å². The maximum Gasteiger partial charge on any atom is 0.0388 e. The summed E-state index contributed by atoms with van der Waals surface area (Å²) in [5, 5.41) is 3.87. The van der Waals surface area contributed by atoms with Gasteiger partial charge in [-0.2, -0.15) is 0 Å². The van der Waals surface area contributed by atoms with E-state index in [0.717, 1.165) is 0 Å². The smallest absolute Gasteiger partial charge is 0.0388 e. The molecule has 2 heterocycles. The molecule has 0 bridgehead atoms. The van der Waals surface area contributed by atoms with Crippen molar-refractivity contribution in [3.8, 4) is 0 Å². The van der Waals surface area contributed by atoms with Crippen LogP contribution in [0.5, 0.6) is 0 Å². The normalized spacial score (nSPS) is 22.7. The summed E-state index contributed by atoms with van der Waals surface area (Å²) < 4.78 is 0. The third kappa shape index (κ3) is 3.26. The van der Waals surface area contributed by atoms with Crippen molar-refractivity contribution in [1.29, 1.82) is 0 Å². The van der Waals surface area contributed by atoms with E-state index in [9.17, 15) is 0 Å². The van der Waals surface area contributed by atoms with Gasteiger partial charge in [-0.1, -0.05) is 6.92 Å². The van der Waals surface area contributed by atoms with Crippen LogP contribution in [-0.2, 0) is 12.8 Å². The van der Waals surface area contributed by atoms with Gasteiger partial charge < -0.3 is 10.2 Å². The Labute approximate surface area is 127 Å². The Morgan fingerprint density at radius 2 is 2.05 bits per heavy atom. The summed E-state index contributed by atoms with van der Waals surface area (Å²) in [6.07, 6.45) is 8.03. The molecular formula is C17H28N2S. The van der Waals surface area contributed by atoms with Gasteiger partial charge in [-0.25, -0.2) is 0 Å². The number of aryl methyl sites for hydroxylation is 2. The number of fused-ring (bicyclic) bond motifs is 1.